The van der Waals surface area contributed by atoms with Gasteiger partial charge in [0.2, 0.25) is 0 Å². The zero-order chi connectivity index (χ0) is 21.1. The van der Waals surface area contributed by atoms with Gasteiger partial charge in [0.15, 0.2) is 17.6 Å². The summed E-state index contributed by atoms with van der Waals surface area (Å²) in [5, 5.41) is 3.92. The van der Waals surface area contributed by atoms with Crippen molar-refractivity contribution >= 4 is 5.91 Å². The van der Waals surface area contributed by atoms with Crippen LogP contribution in [-0.2, 0) is 6.61 Å². The fourth-order valence-corrected chi connectivity index (χ4v) is 3.32. The number of ether oxygens (including phenoxy) is 3. The number of hydrogen-bond donors (Lipinski definition) is 0. The molecule has 1 aliphatic heterocycles. The summed E-state index contributed by atoms with van der Waals surface area (Å²) in [6.07, 6.45) is -0.216. The summed E-state index contributed by atoms with van der Waals surface area (Å²) in [7, 11) is 1.76. The molecule has 1 atom stereocenters. The number of hydrogen-bond acceptors (Lipinski definition) is 6. The van der Waals surface area contributed by atoms with Gasteiger partial charge in [-0.1, -0.05) is 17.3 Å². The second kappa shape index (κ2) is 8.49. The van der Waals surface area contributed by atoms with E-state index in [1.54, 1.807) is 36.2 Å². The minimum absolute atomic E-state index is 0.0882. The van der Waals surface area contributed by atoms with Gasteiger partial charge in [0.25, 0.3) is 5.91 Å². The highest BCUT2D eigenvalue weighted by atomic mass is 16.6. The first-order chi connectivity index (χ1) is 14.5. The Morgan fingerprint density at radius 3 is 2.57 bits per heavy atom. The van der Waals surface area contributed by atoms with E-state index in [0.29, 0.717) is 36.8 Å². The normalized spacial score (nSPS) is 15.0. The first kappa shape index (κ1) is 19.8. The molecule has 0 N–H and O–H groups in total. The Morgan fingerprint density at radius 1 is 1.13 bits per heavy atom. The van der Waals surface area contributed by atoms with Crippen LogP contribution in [0.5, 0.6) is 17.2 Å². The molecular formula is C23H24N2O5. The molecule has 3 aromatic rings. The zero-order valence-corrected chi connectivity index (χ0v) is 17.3. The highest BCUT2D eigenvalue weighted by molar-refractivity contribution is 5.94. The predicted molar refractivity (Wildman–Crippen MR) is 110 cm³/mol. The molecule has 1 amide bonds. The lowest BCUT2D eigenvalue weighted by molar-refractivity contribution is 0.0521. The molecule has 0 radical (unpaired) electrons. The molecule has 30 heavy (non-hydrogen) atoms. The average Bonchev–Trinajstić information content (AvgIpc) is 3.09. The van der Waals surface area contributed by atoms with Crippen molar-refractivity contribution in [3.63, 3.8) is 0 Å². The SMILES string of the molecule is Cc1noc(C)c1COc1ccc(C(=O)N(C)C[C@H]2COc3ccccc3O2)cc1. The van der Waals surface area contributed by atoms with Gasteiger partial charge >= 0.3 is 0 Å². The zero-order valence-electron chi connectivity index (χ0n) is 17.3. The largest absolute Gasteiger partial charge is 0.489 e. The van der Waals surface area contributed by atoms with E-state index in [4.69, 9.17) is 18.7 Å². The van der Waals surface area contributed by atoms with Crippen molar-refractivity contribution in [2.75, 3.05) is 20.2 Å². The molecule has 0 saturated carbocycles. The lowest BCUT2D eigenvalue weighted by Gasteiger charge is -2.29. The summed E-state index contributed by atoms with van der Waals surface area (Å²) in [6.45, 7) is 4.94. The smallest absolute Gasteiger partial charge is 0.253 e. The van der Waals surface area contributed by atoms with E-state index in [1.807, 2.05) is 38.1 Å². The van der Waals surface area contributed by atoms with Gasteiger partial charge in [-0.15, -0.1) is 0 Å². The van der Waals surface area contributed by atoms with E-state index >= 15 is 0 Å². The number of nitrogens with zero attached hydrogens (tertiary/aromatic N) is 2. The molecule has 0 spiro atoms. The van der Waals surface area contributed by atoms with Gasteiger partial charge in [-0.2, -0.15) is 0 Å². The molecule has 1 aromatic heterocycles. The molecule has 156 valence electrons. The fraction of sp³-hybridized carbons (Fsp3) is 0.304. The number of para-hydroxylation sites is 2. The lowest BCUT2D eigenvalue weighted by Crippen LogP contribution is -2.41. The van der Waals surface area contributed by atoms with Crippen LogP contribution in [0.3, 0.4) is 0 Å². The van der Waals surface area contributed by atoms with Crippen molar-refractivity contribution in [2.24, 2.45) is 0 Å². The monoisotopic (exact) mass is 408 g/mol. The Balaban J connectivity index is 1.33. The van der Waals surface area contributed by atoms with Gasteiger partial charge in [-0.05, 0) is 50.2 Å². The van der Waals surface area contributed by atoms with E-state index in [1.165, 1.54) is 0 Å². The summed E-state index contributed by atoms with van der Waals surface area (Å²) < 4.78 is 22.6. The molecule has 0 unspecified atom stereocenters. The summed E-state index contributed by atoms with van der Waals surface area (Å²) in [5.41, 5.74) is 2.34. The minimum Gasteiger partial charge on any atom is -0.489 e. The first-order valence-electron chi connectivity index (χ1n) is 9.80. The van der Waals surface area contributed by atoms with Crippen LogP contribution in [0.25, 0.3) is 0 Å². The molecule has 4 rings (SSSR count). The van der Waals surface area contributed by atoms with Gasteiger partial charge in [0, 0.05) is 12.6 Å². The average molecular weight is 408 g/mol. The molecule has 0 bridgehead atoms. The Morgan fingerprint density at radius 2 is 1.87 bits per heavy atom. The van der Waals surface area contributed by atoms with Gasteiger partial charge in [-0.3, -0.25) is 4.79 Å². The van der Waals surface area contributed by atoms with Crippen molar-refractivity contribution in [3.8, 4) is 17.2 Å². The van der Waals surface area contributed by atoms with Crippen molar-refractivity contribution in [3.05, 3.63) is 71.1 Å². The number of carbonyl (C=O) groups excluding carboxylic acids is 1. The third-order valence-corrected chi connectivity index (χ3v) is 5.06. The van der Waals surface area contributed by atoms with Crippen LogP contribution < -0.4 is 14.2 Å². The molecular weight excluding hydrogens is 384 g/mol. The quantitative estimate of drug-likeness (QED) is 0.618. The Bertz CT molecular complexity index is 1010. The van der Waals surface area contributed by atoms with Crippen molar-refractivity contribution < 1.29 is 23.5 Å². The van der Waals surface area contributed by atoms with Gasteiger partial charge < -0.3 is 23.6 Å². The fourth-order valence-electron chi connectivity index (χ4n) is 3.32. The van der Waals surface area contributed by atoms with Crippen LogP contribution in [-0.4, -0.2) is 42.3 Å². The number of benzene rings is 2. The summed E-state index contributed by atoms with van der Waals surface area (Å²) >= 11 is 0. The number of aromatic nitrogens is 1. The number of rotatable bonds is 6. The van der Waals surface area contributed by atoms with E-state index < -0.39 is 0 Å². The standard InChI is InChI=1S/C23H24N2O5/c1-15-20(16(2)30-24-15)14-27-18-10-8-17(9-11-18)23(26)25(3)12-19-13-28-21-6-4-5-7-22(21)29-19/h4-11,19H,12-14H2,1-3H3/t19-/m0/s1. The van der Waals surface area contributed by atoms with Crippen molar-refractivity contribution in [1.29, 1.82) is 0 Å². The molecule has 2 aromatic carbocycles. The van der Waals surface area contributed by atoms with E-state index in [9.17, 15) is 4.79 Å². The minimum atomic E-state index is -0.216. The van der Waals surface area contributed by atoms with Gasteiger partial charge in [-0.25, -0.2) is 0 Å². The number of amides is 1. The summed E-state index contributed by atoms with van der Waals surface area (Å²) in [5.74, 6) is 2.77. The predicted octanol–water partition coefficient (Wildman–Crippen LogP) is 3.78. The number of fused-ring (bicyclic) bond motifs is 1. The molecule has 2 heterocycles. The second-order valence-corrected chi connectivity index (χ2v) is 7.30. The number of likely N-dealkylation sites (N-methyl/N-ethyl adjacent to an activating group) is 1. The maximum absolute atomic E-state index is 12.8. The molecule has 7 nitrogen and oxygen atoms in total. The second-order valence-electron chi connectivity index (χ2n) is 7.30. The number of carbonyl (C=O) groups is 1. The number of aryl methyl sites for hydroxylation is 2. The van der Waals surface area contributed by atoms with Gasteiger partial charge in [0.05, 0.1) is 17.8 Å². The van der Waals surface area contributed by atoms with Crippen LogP contribution in [0.4, 0.5) is 0 Å². The Hall–Kier alpha value is -3.48. The first-order valence-corrected chi connectivity index (χ1v) is 9.80. The Labute approximate surface area is 175 Å². The third-order valence-electron chi connectivity index (χ3n) is 5.06. The molecule has 7 heteroatoms. The summed E-state index contributed by atoms with van der Waals surface area (Å²) in [4.78, 5) is 14.4. The van der Waals surface area contributed by atoms with Crippen LogP contribution in [0, 0.1) is 13.8 Å². The van der Waals surface area contributed by atoms with Crippen LogP contribution in [0.15, 0.2) is 53.1 Å². The highest BCUT2D eigenvalue weighted by Gasteiger charge is 2.24. The van der Waals surface area contributed by atoms with Crippen molar-refractivity contribution in [1.82, 2.24) is 10.1 Å². The van der Waals surface area contributed by atoms with Gasteiger partial charge in [0.1, 0.15) is 24.7 Å². The van der Waals surface area contributed by atoms with Crippen LogP contribution in [0.2, 0.25) is 0 Å². The van der Waals surface area contributed by atoms with E-state index in [-0.39, 0.29) is 12.0 Å². The summed E-state index contributed by atoms with van der Waals surface area (Å²) in [6, 6.07) is 14.6. The molecule has 0 aliphatic carbocycles. The lowest BCUT2D eigenvalue weighted by atomic mass is 10.2. The molecule has 0 fully saturated rings. The molecule has 1 aliphatic rings. The van der Waals surface area contributed by atoms with Crippen LogP contribution in [0.1, 0.15) is 27.4 Å². The van der Waals surface area contributed by atoms with E-state index in [2.05, 4.69) is 5.16 Å². The van der Waals surface area contributed by atoms with E-state index in [0.717, 1.165) is 22.8 Å². The van der Waals surface area contributed by atoms with Crippen LogP contribution >= 0.6 is 0 Å². The topological polar surface area (TPSA) is 74.0 Å². The van der Waals surface area contributed by atoms with Crippen molar-refractivity contribution in [2.45, 2.75) is 26.6 Å². The maximum atomic E-state index is 12.8. The molecule has 0 saturated heterocycles. The Kier molecular flexibility index (Phi) is 5.61. The maximum Gasteiger partial charge on any atom is 0.253 e. The highest BCUT2D eigenvalue weighted by Crippen LogP contribution is 2.31. The third kappa shape index (κ3) is 4.25.